The van der Waals surface area contributed by atoms with E-state index >= 15 is 0 Å². The van der Waals surface area contributed by atoms with Gasteiger partial charge in [-0.15, -0.1) is 0 Å². The third-order valence-corrected chi connectivity index (χ3v) is 2.18. The first kappa shape index (κ1) is 9.71. The Morgan fingerprint density at radius 1 is 1.50 bits per heavy atom. The first-order chi connectivity index (χ1) is 5.61. The van der Waals surface area contributed by atoms with Gasteiger partial charge < -0.3 is 10.8 Å². The first-order valence-electron chi connectivity index (χ1n) is 3.80. The average molecular weight is 230 g/mol. The molecule has 0 amide bonds. The molecule has 0 unspecified atom stereocenters. The molecule has 0 bridgehead atoms. The number of aliphatic hydroxyl groups excluding tert-OH is 1. The summed E-state index contributed by atoms with van der Waals surface area (Å²) in [7, 11) is 0. The average Bonchev–Trinajstić information content (AvgIpc) is 2.03. The van der Waals surface area contributed by atoms with E-state index in [0.717, 1.165) is 10.0 Å². The summed E-state index contributed by atoms with van der Waals surface area (Å²) >= 11 is 3.33. The third kappa shape index (κ3) is 2.30. The van der Waals surface area contributed by atoms with Crippen LogP contribution in [0.15, 0.2) is 28.7 Å². The Balaban J connectivity index is 2.88. The van der Waals surface area contributed by atoms with E-state index in [-0.39, 0.29) is 6.04 Å². The van der Waals surface area contributed by atoms with Crippen molar-refractivity contribution in [3.63, 3.8) is 0 Å². The van der Waals surface area contributed by atoms with E-state index in [1.807, 2.05) is 24.3 Å². The fourth-order valence-electron chi connectivity index (χ4n) is 0.994. The Bertz CT molecular complexity index is 262. The lowest BCUT2D eigenvalue weighted by Crippen LogP contribution is -2.24. The zero-order valence-corrected chi connectivity index (χ0v) is 8.45. The van der Waals surface area contributed by atoms with Gasteiger partial charge in [-0.25, -0.2) is 0 Å². The van der Waals surface area contributed by atoms with Crippen LogP contribution in [0.5, 0.6) is 0 Å². The Kier molecular flexibility index (Phi) is 3.26. The van der Waals surface area contributed by atoms with Crippen LogP contribution >= 0.6 is 15.9 Å². The van der Waals surface area contributed by atoms with Gasteiger partial charge in [-0.2, -0.15) is 0 Å². The molecule has 0 fully saturated rings. The third-order valence-electron chi connectivity index (χ3n) is 1.69. The summed E-state index contributed by atoms with van der Waals surface area (Å²) in [5, 5.41) is 9.58. The highest BCUT2D eigenvalue weighted by Crippen LogP contribution is 2.19. The Hall–Kier alpha value is -0.380. The highest BCUT2D eigenvalue weighted by Gasteiger charge is 2.11. The van der Waals surface area contributed by atoms with Crippen molar-refractivity contribution in [2.45, 2.75) is 19.1 Å². The molecule has 0 saturated heterocycles. The van der Waals surface area contributed by atoms with Crippen LogP contribution in [0.25, 0.3) is 0 Å². The Morgan fingerprint density at radius 2 is 2.17 bits per heavy atom. The van der Waals surface area contributed by atoms with Gasteiger partial charge in [0.25, 0.3) is 0 Å². The van der Waals surface area contributed by atoms with Crippen molar-refractivity contribution in [1.29, 1.82) is 0 Å². The fourth-order valence-corrected chi connectivity index (χ4v) is 1.41. The zero-order valence-electron chi connectivity index (χ0n) is 6.87. The van der Waals surface area contributed by atoms with Crippen LogP contribution in [-0.4, -0.2) is 11.1 Å². The molecular weight excluding hydrogens is 218 g/mol. The predicted molar refractivity (Wildman–Crippen MR) is 52.8 cm³/mol. The first-order valence-corrected chi connectivity index (χ1v) is 4.59. The van der Waals surface area contributed by atoms with Crippen molar-refractivity contribution in [2.75, 3.05) is 0 Å². The number of aliphatic hydroxyl groups is 1. The molecule has 0 heterocycles. The van der Waals surface area contributed by atoms with Gasteiger partial charge in [-0.05, 0) is 24.6 Å². The molecule has 2 nitrogen and oxygen atoms in total. The second kappa shape index (κ2) is 4.03. The highest BCUT2D eigenvalue weighted by molar-refractivity contribution is 9.10. The number of hydrogen-bond donors (Lipinski definition) is 2. The summed E-state index contributed by atoms with van der Waals surface area (Å²) in [6, 6.07) is 7.29. The molecular formula is C9H12BrNO. The molecule has 1 aromatic carbocycles. The van der Waals surface area contributed by atoms with Crippen molar-refractivity contribution < 1.29 is 5.11 Å². The normalized spacial score (nSPS) is 15.7. The number of rotatable bonds is 2. The second-order valence-corrected chi connectivity index (χ2v) is 3.77. The minimum absolute atomic E-state index is 0.237. The molecule has 2 atom stereocenters. The predicted octanol–water partition coefficient (Wildman–Crippen LogP) is 1.83. The van der Waals surface area contributed by atoms with E-state index < -0.39 is 6.10 Å². The standard InChI is InChI=1S/C9H12BrNO/c1-6(11)9(12)7-3-2-4-8(10)5-7/h2-6,9,12H,11H2,1H3/t6-,9-/m1/s1. The van der Waals surface area contributed by atoms with E-state index in [1.54, 1.807) is 6.92 Å². The minimum Gasteiger partial charge on any atom is -0.387 e. The molecule has 1 aromatic rings. The molecule has 0 aliphatic carbocycles. The van der Waals surface area contributed by atoms with Crippen LogP contribution in [0.4, 0.5) is 0 Å². The van der Waals surface area contributed by atoms with E-state index in [2.05, 4.69) is 15.9 Å². The monoisotopic (exact) mass is 229 g/mol. The minimum atomic E-state index is -0.581. The van der Waals surface area contributed by atoms with E-state index in [0.29, 0.717) is 0 Å². The van der Waals surface area contributed by atoms with Gasteiger partial charge in [0.2, 0.25) is 0 Å². The molecule has 12 heavy (non-hydrogen) atoms. The van der Waals surface area contributed by atoms with Gasteiger partial charge in [0.15, 0.2) is 0 Å². The van der Waals surface area contributed by atoms with Crippen LogP contribution in [0.2, 0.25) is 0 Å². The highest BCUT2D eigenvalue weighted by atomic mass is 79.9. The van der Waals surface area contributed by atoms with Crippen LogP contribution in [0, 0.1) is 0 Å². The topological polar surface area (TPSA) is 46.2 Å². The van der Waals surface area contributed by atoms with Crippen LogP contribution in [-0.2, 0) is 0 Å². The molecule has 3 heteroatoms. The number of benzene rings is 1. The zero-order chi connectivity index (χ0) is 9.14. The summed E-state index contributed by atoms with van der Waals surface area (Å²) in [4.78, 5) is 0. The van der Waals surface area contributed by atoms with Crippen molar-refractivity contribution in [3.8, 4) is 0 Å². The summed E-state index contributed by atoms with van der Waals surface area (Å²) < 4.78 is 0.958. The summed E-state index contributed by atoms with van der Waals surface area (Å²) in [6.45, 7) is 1.78. The Morgan fingerprint density at radius 3 is 2.67 bits per heavy atom. The van der Waals surface area contributed by atoms with Gasteiger partial charge in [0, 0.05) is 10.5 Å². The maximum Gasteiger partial charge on any atom is 0.0938 e. The molecule has 0 saturated carbocycles. The lowest BCUT2D eigenvalue weighted by Gasteiger charge is -2.14. The number of hydrogen-bond acceptors (Lipinski definition) is 2. The van der Waals surface area contributed by atoms with Crippen LogP contribution in [0.1, 0.15) is 18.6 Å². The molecule has 0 radical (unpaired) electrons. The van der Waals surface area contributed by atoms with E-state index in [1.165, 1.54) is 0 Å². The second-order valence-electron chi connectivity index (χ2n) is 2.86. The van der Waals surface area contributed by atoms with Gasteiger partial charge in [0.05, 0.1) is 6.10 Å². The maximum atomic E-state index is 9.58. The fraction of sp³-hybridized carbons (Fsp3) is 0.333. The van der Waals surface area contributed by atoms with Crippen molar-refractivity contribution >= 4 is 15.9 Å². The summed E-state index contributed by atoms with van der Waals surface area (Å²) in [6.07, 6.45) is -0.581. The van der Waals surface area contributed by atoms with E-state index in [9.17, 15) is 5.11 Å². The molecule has 0 spiro atoms. The lowest BCUT2D eigenvalue weighted by atomic mass is 10.0. The number of nitrogens with two attached hydrogens (primary N) is 1. The van der Waals surface area contributed by atoms with Gasteiger partial charge >= 0.3 is 0 Å². The van der Waals surface area contributed by atoms with Gasteiger partial charge in [-0.1, -0.05) is 28.1 Å². The summed E-state index contributed by atoms with van der Waals surface area (Å²) in [5.41, 5.74) is 6.40. The maximum absolute atomic E-state index is 9.58. The summed E-state index contributed by atoms with van der Waals surface area (Å²) in [5.74, 6) is 0. The number of halogens is 1. The van der Waals surface area contributed by atoms with Crippen LogP contribution in [0.3, 0.4) is 0 Å². The smallest absolute Gasteiger partial charge is 0.0938 e. The van der Waals surface area contributed by atoms with Gasteiger partial charge in [0.1, 0.15) is 0 Å². The van der Waals surface area contributed by atoms with Gasteiger partial charge in [-0.3, -0.25) is 0 Å². The Labute approximate surface area is 80.5 Å². The van der Waals surface area contributed by atoms with E-state index in [4.69, 9.17) is 5.73 Å². The lowest BCUT2D eigenvalue weighted by molar-refractivity contribution is 0.153. The largest absolute Gasteiger partial charge is 0.387 e. The molecule has 1 rings (SSSR count). The quantitative estimate of drug-likeness (QED) is 0.814. The molecule has 0 aliphatic rings. The molecule has 66 valence electrons. The van der Waals surface area contributed by atoms with Crippen molar-refractivity contribution in [2.24, 2.45) is 5.73 Å². The molecule has 0 aromatic heterocycles. The molecule has 0 aliphatic heterocycles. The molecule has 3 N–H and O–H groups in total. The van der Waals surface area contributed by atoms with Crippen molar-refractivity contribution in [1.82, 2.24) is 0 Å². The van der Waals surface area contributed by atoms with Crippen molar-refractivity contribution in [3.05, 3.63) is 34.3 Å². The SMILES string of the molecule is C[C@@H](N)[C@@H](O)c1cccc(Br)c1. The van der Waals surface area contributed by atoms with Crippen LogP contribution < -0.4 is 5.73 Å².